The van der Waals surface area contributed by atoms with Crippen molar-refractivity contribution in [2.45, 2.75) is 46.3 Å². The number of allylic oxidation sites excluding steroid dienone is 1. The highest BCUT2D eigenvalue weighted by Gasteiger charge is 2.38. The fraction of sp³-hybridized carbons (Fsp3) is 0.591. The zero-order valence-electron chi connectivity index (χ0n) is 16.7. The number of amides is 1. The number of nitrogens with one attached hydrogen (secondary N) is 1. The van der Waals surface area contributed by atoms with Gasteiger partial charge in [-0.3, -0.25) is 4.79 Å². The summed E-state index contributed by atoms with van der Waals surface area (Å²) < 4.78 is 11.7. The molecule has 0 radical (unpaired) electrons. The largest absolute Gasteiger partial charge is 0.459 e. The van der Waals surface area contributed by atoms with Crippen LogP contribution in [0.4, 0.5) is 0 Å². The van der Waals surface area contributed by atoms with Crippen LogP contribution in [-0.2, 0) is 20.7 Å². The number of benzene rings is 1. The zero-order chi connectivity index (χ0) is 19.6. The maximum absolute atomic E-state index is 12.6. The normalized spacial score (nSPS) is 22.3. The van der Waals surface area contributed by atoms with E-state index < -0.39 is 6.29 Å². The fourth-order valence-electron chi connectivity index (χ4n) is 3.58. The first kappa shape index (κ1) is 21.5. The molecule has 0 spiro atoms. The highest BCUT2D eigenvalue weighted by Crippen LogP contribution is 2.36. The number of carbonyl (C=O) groups is 1. The maximum atomic E-state index is 12.6. The van der Waals surface area contributed by atoms with Gasteiger partial charge in [-0.1, -0.05) is 44.2 Å². The van der Waals surface area contributed by atoms with Crippen molar-refractivity contribution in [2.75, 3.05) is 19.8 Å². The number of aliphatic hydroxyl groups excluding tert-OH is 1. The van der Waals surface area contributed by atoms with Gasteiger partial charge in [0.15, 0.2) is 5.76 Å². The molecule has 0 saturated heterocycles. The molecule has 1 amide bonds. The molecule has 2 rings (SSSR count). The van der Waals surface area contributed by atoms with Crippen molar-refractivity contribution < 1.29 is 19.4 Å². The minimum atomic E-state index is -0.450. The van der Waals surface area contributed by atoms with Crippen molar-refractivity contribution in [1.29, 1.82) is 0 Å². The lowest BCUT2D eigenvalue weighted by Crippen LogP contribution is -2.41. The van der Waals surface area contributed by atoms with E-state index in [0.29, 0.717) is 31.2 Å². The van der Waals surface area contributed by atoms with Crippen LogP contribution in [0.2, 0.25) is 0 Å². The van der Waals surface area contributed by atoms with Gasteiger partial charge in [0.05, 0.1) is 0 Å². The fourth-order valence-corrected chi connectivity index (χ4v) is 3.58. The van der Waals surface area contributed by atoms with Crippen LogP contribution in [0.1, 0.15) is 39.2 Å². The second kappa shape index (κ2) is 11.1. The van der Waals surface area contributed by atoms with E-state index in [1.165, 1.54) is 5.56 Å². The summed E-state index contributed by atoms with van der Waals surface area (Å²) in [7, 11) is 0. The molecular formula is C22H33NO4. The second-order valence-corrected chi connectivity index (χ2v) is 7.32. The Morgan fingerprint density at radius 3 is 2.67 bits per heavy atom. The molecule has 1 aromatic rings. The van der Waals surface area contributed by atoms with Gasteiger partial charge in [0.25, 0.3) is 5.91 Å². The van der Waals surface area contributed by atoms with Gasteiger partial charge in [0, 0.05) is 25.7 Å². The zero-order valence-corrected chi connectivity index (χ0v) is 16.7. The van der Waals surface area contributed by atoms with Crippen molar-refractivity contribution in [3.8, 4) is 0 Å². The van der Waals surface area contributed by atoms with Crippen molar-refractivity contribution in [1.82, 2.24) is 5.32 Å². The average Bonchev–Trinajstić information content (AvgIpc) is 2.67. The van der Waals surface area contributed by atoms with Gasteiger partial charge in [0.1, 0.15) is 0 Å². The lowest BCUT2D eigenvalue weighted by Gasteiger charge is -2.38. The molecule has 0 bridgehead atoms. The predicted molar refractivity (Wildman–Crippen MR) is 106 cm³/mol. The van der Waals surface area contributed by atoms with E-state index in [1.54, 1.807) is 0 Å². The molecular weight excluding hydrogens is 342 g/mol. The summed E-state index contributed by atoms with van der Waals surface area (Å²) in [6, 6.07) is 10.1. The van der Waals surface area contributed by atoms with Crippen molar-refractivity contribution in [3.63, 3.8) is 0 Å². The quantitative estimate of drug-likeness (QED) is 0.659. The third-order valence-corrected chi connectivity index (χ3v) is 4.99. The van der Waals surface area contributed by atoms with Crippen LogP contribution in [-0.4, -0.2) is 37.1 Å². The Morgan fingerprint density at radius 1 is 1.30 bits per heavy atom. The molecule has 1 heterocycles. The van der Waals surface area contributed by atoms with Crippen molar-refractivity contribution in [2.24, 2.45) is 17.8 Å². The molecule has 1 aliphatic rings. The molecule has 1 aromatic carbocycles. The van der Waals surface area contributed by atoms with E-state index in [0.717, 1.165) is 12.8 Å². The van der Waals surface area contributed by atoms with Gasteiger partial charge in [-0.25, -0.2) is 0 Å². The van der Waals surface area contributed by atoms with Crippen LogP contribution in [0.25, 0.3) is 0 Å². The standard InChI is InChI=1S/C22H33NO4/c1-4-26-22-18(11-8-14-24)19(16(2)3)15-20(27-22)21(25)23-13-12-17-9-6-5-7-10-17/h5-7,9-10,15-16,18-19,22,24H,4,8,11-14H2,1-3H3,(H,23,25)/t18-,19+,22+/m1/s1. The van der Waals surface area contributed by atoms with Crippen LogP contribution in [0, 0.1) is 17.8 Å². The van der Waals surface area contributed by atoms with E-state index in [1.807, 2.05) is 43.3 Å². The molecule has 0 fully saturated rings. The summed E-state index contributed by atoms with van der Waals surface area (Å²) in [6.07, 6.45) is 3.78. The first-order chi connectivity index (χ1) is 13.1. The average molecular weight is 376 g/mol. The summed E-state index contributed by atoms with van der Waals surface area (Å²) in [6.45, 7) is 7.45. The SMILES string of the molecule is CCO[C@H]1OC(C(=O)NCCc2ccccc2)=C[C@@H](C(C)C)[C@H]1CCCO. The summed E-state index contributed by atoms with van der Waals surface area (Å²) in [4.78, 5) is 12.6. The minimum absolute atomic E-state index is 0.137. The Balaban J connectivity index is 2.03. The number of hydrogen-bond donors (Lipinski definition) is 2. The molecule has 0 unspecified atom stereocenters. The Bertz CT molecular complexity index is 600. The number of rotatable bonds is 10. The number of aliphatic hydroxyl groups is 1. The second-order valence-electron chi connectivity index (χ2n) is 7.32. The van der Waals surface area contributed by atoms with Gasteiger partial charge in [0.2, 0.25) is 6.29 Å². The molecule has 3 atom stereocenters. The molecule has 0 aromatic heterocycles. The number of hydrogen-bond acceptors (Lipinski definition) is 4. The molecule has 150 valence electrons. The van der Waals surface area contributed by atoms with Crippen LogP contribution in [0.3, 0.4) is 0 Å². The molecule has 5 heteroatoms. The van der Waals surface area contributed by atoms with Gasteiger partial charge in [-0.2, -0.15) is 0 Å². The van der Waals surface area contributed by atoms with E-state index in [9.17, 15) is 9.90 Å². The smallest absolute Gasteiger partial charge is 0.286 e. The van der Waals surface area contributed by atoms with Gasteiger partial charge in [-0.15, -0.1) is 0 Å². The lowest BCUT2D eigenvalue weighted by molar-refractivity contribution is -0.175. The molecule has 5 nitrogen and oxygen atoms in total. The Labute approximate surface area is 162 Å². The highest BCUT2D eigenvalue weighted by atomic mass is 16.7. The number of carbonyl (C=O) groups excluding carboxylic acids is 1. The van der Waals surface area contributed by atoms with Gasteiger partial charge in [-0.05, 0) is 49.7 Å². The van der Waals surface area contributed by atoms with E-state index in [-0.39, 0.29) is 24.3 Å². The van der Waals surface area contributed by atoms with Crippen molar-refractivity contribution >= 4 is 5.91 Å². The molecule has 1 aliphatic heterocycles. The summed E-state index contributed by atoms with van der Waals surface area (Å²) in [5.41, 5.74) is 1.19. The van der Waals surface area contributed by atoms with Crippen LogP contribution in [0.15, 0.2) is 42.2 Å². The van der Waals surface area contributed by atoms with Crippen LogP contribution in [0.5, 0.6) is 0 Å². The van der Waals surface area contributed by atoms with E-state index >= 15 is 0 Å². The van der Waals surface area contributed by atoms with Gasteiger partial charge < -0.3 is 19.9 Å². The Morgan fingerprint density at radius 2 is 2.04 bits per heavy atom. The van der Waals surface area contributed by atoms with Crippen LogP contribution < -0.4 is 5.32 Å². The van der Waals surface area contributed by atoms with Gasteiger partial charge >= 0.3 is 0 Å². The lowest BCUT2D eigenvalue weighted by atomic mass is 9.78. The van der Waals surface area contributed by atoms with Crippen LogP contribution >= 0.6 is 0 Å². The third kappa shape index (κ3) is 6.36. The summed E-state index contributed by atoms with van der Waals surface area (Å²) in [5, 5.41) is 12.2. The minimum Gasteiger partial charge on any atom is -0.459 e. The summed E-state index contributed by atoms with van der Waals surface area (Å²) in [5.74, 6) is 0.824. The Kier molecular flexibility index (Phi) is 8.82. The first-order valence-electron chi connectivity index (χ1n) is 9.99. The predicted octanol–water partition coefficient (Wildman–Crippen LogP) is 3.28. The Hall–Kier alpha value is -1.85. The maximum Gasteiger partial charge on any atom is 0.286 e. The molecule has 2 N–H and O–H groups in total. The van der Waals surface area contributed by atoms with E-state index in [2.05, 4.69) is 19.2 Å². The molecule has 27 heavy (non-hydrogen) atoms. The number of ether oxygens (including phenoxy) is 2. The monoisotopic (exact) mass is 375 g/mol. The molecule has 0 saturated carbocycles. The topological polar surface area (TPSA) is 67.8 Å². The highest BCUT2D eigenvalue weighted by molar-refractivity contribution is 5.91. The molecule has 0 aliphatic carbocycles. The van der Waals surface area contributed by atoms with E-state index in [4.69, 9.17) is 9.47 Å². The first-order valence-corrected chi connectivity index (χ1v) is 9.99. The van der Waals surface area contributed by atoms with Crippen molar-refractivity contribution in [3.05, 3.63) is 47.7 Å². The third-order valence-electron chi connectivity index (χ3n) is 4.99. The summed E-state index contributed by atoms with van der Waals surface area (Å²) >= 11 is 0.